The van der Waals surface area contributed by atoms with Gasteiger partial charge >= 0.3 is 0 Å². The number of sulfonamides is 2. The summed E-state index contributed by atoms with van der Waals surface area (Å²) in [6.45, 7) is 3.82. The lowest BCUT2D eigenvalue weighted by Gasteiger charge is -2.23. The largest absolute Gasteiger partial charge is 0.330 e. The molecular weight excluding hydrogens is 653 g/mol. The highest BCUT2D eigenvalue weighted by molar-refractivity contribution is 7.93. The van der Waals surface area contributed by atoms with Crippen molar-refractivity contribution in [2.24, 2.45) is 14.1 Å². The van der Waals surface area contributed by atoms with E-state index in [0.717, 1.165) is 38.5 Å². The van der Waals surface area contributed by atoms with E-state index in [4.69, 9.17) is 0 Å². The maximum Gasteiger partial charge on any atom is 0.263 e. The number of rotatable bonds is 9. The molecule has 2 N–H and O–H groups in total. The van der Waals surface area contributed by atoms with Gasteiger partial charge in [-0.05, 0) is 55.8 Å². The summed E-state index contributed by atoms with van der Waals surface area (Å²) in [6, 6.07) is 38.8. The van der Waals surface area contributed by atoms with Gasteiger partial charge in [-0.2, -0.15) is 0 Å². The molecule has 0 aliphatic heterocycles. The van der Waals surface area contributed by atoms with Gasteiger partial charge in [-0.1, -0.05) is 102 Å². The third-order valence-corrected chi connectivity index (χ3v) is 11.8. The molecule has 7 aromatic rings. The third kappa shape index (κ3) is 5.77. The van der Waals surface area contributed by atoms with Crippen LogP contribution < -0.4 is 9.44 Å². The highest BCUT2D eigenvalue weighted by Crippen LogP contribution is 2.48. The average molecular weight is 689 g/mol. The summed E-state index contributed by atoms with van der Waals surface area (Å²) in [5.74, 6) is 0.164. The second-order valence-corrected chi connectivity index (χ2v) is 15.7. The van der Waals surface area contributed by atoms with E-state index in [-0.39, 0.29) is 9.79 Å². The van der Waals surface area contributed by atoms with Crippen molar-refractivity contribution in [2.75, 3.05) is 9.44 Å². The molecule has 49 heavy (non-hydrogen) atoms. The zero-order valence-electron chi connectivity index (χ0n) is 27.5. The van der Waals surface area contributed by atoms with Crippen molar-refractivity contribution in [3.8, 4) is 0 Å². The van der Waals surface area contributed by atoms with Crippen LogP contribution in [-0.2, 0) is 34.1 Å². The molecule has 0 unspecified atom stereocenters. The molecule has 248 valence electrons. The zero-order chi connectivity index (χ0) is 34.5. The average Bonchev–Trinajstić information content (AvgIpc) is 3.51. The zero-order valence-corrected chi connectivity index (χ0v) is 29.2. The minimum Gasteiger partial charge on any atom is -0.330 e. The number of anilines is 2. The van der Waals surface area contributed by atoms with Gasteiger partial charge in [0.2, 0.25) is 0 Å². The normalized spacial score (nSPS) is 12.2. The van der Waals surface area contributed by atoms with E-state index < -0.39 is 26.0 Å². The van der Waals surface area contributed by atoms with Crippen LogP contribution in [0.15, 0.2) is 137 Å². The Balaban J connectivity index is 1.53. The van der Waals surface area contributed by atoms with Gasteiger partial charge in [0.05, 0.1) is 9.79 Å². The first kappa shape index (κ1) is 32.2. The number of hydrogen-bond donors (Lipinski definition) is 2. The van der Waals surface area contributed by atoms with Crippen molar-refractivity contribution in [1.29, 1.82) is 0 Å². The van der Waals surface area contributed by atoms with Crippen molar-refractivity contribution >= 4 is 53.5 Å². The number of hydrogen-bond acceptors (Lipinski definition) is 4. The lowest BCUT2D eigenvalue weighted by atomic mass is 9.83. The number of aryl methyl sites for hydroxylation is 4. The van der Waals surface area contributed by atoms with Crippen molar-refractivity contribution < 1.29 is 16.8 Å². The summed E-state index contributed by atoms with van der Waals surface area (Å²) in [4.78, 5) is 0.282. The molecule has 0 aliphatic carbocycles. The van der Waals surface area contributed by atoms with E-state index in [2.05, 4.69) is 9.44 Å². The minimum absolute atomic E-state index is 0.141. The van der Waals surface area contributed by atoms with Crippen LogP contribution in [0.4, 0.5) is 11.6 Å². The second kappa shape index (κ2) is 12.3. The Morgan fingerprint density at radius 3 is 1.27 bits per heavy atom. The van der Waals surface area contributed by atoms with Crippen LogP contribution in [0, 0.1) is 13.8 Å². The lowest BCUT2D eigenvalue weighted by Crippen LogP contribution is -2.19. The van der Waals surface area contributed by atoms with Crippen LogP contribution in [-0.4, -0.2) is 26.0 Å². The quantitative estimate of drug-likeness (QED) is 0.160. The summed E-state index contributed by atoms with van der Waals surface area (Å²) < 4.78 is 65.7. The van der Waals surface area contributed by atoms with E-state index in [1.165, 1.54) is 0 Å². The monoisotopic (exact) mass is 688 g/mol. The van der Waals surface area contributed by atoms with Gasteiger partial charge in [-0.15, -0.1) is 0 Å². The van der Waals surface area contributed by atoms with E-state index in [1.54, 1.807) is 48.5 Å². The number of para-hydroxylation sites is 2. The Morgan fingerprint density at radius 2 is 0.857 bits per heavy atom. The molecule has 0 radical (unpaired) electrons. The standard InChI is InChI=1S/C39H36N4O4S2/c1-26-18-22-29(23-19-26)48(44,45)40-38-36(31-14-8-10-16-33(31)42(38)3)35(28-12-6-5-7-13-28)37-32-15-9-11-17-34(32)43(4)39(37)41-49(46,47)30-24-20-27(2)21-25-30/h5-25,35,40-41H,1-4H3. The highest BCUT2D eigenvalue weighted by Gasteiger charge is 2.34. The first-order valence-corrected chi connectivity index (χ1v) is 18.8. The van der Waals surface area contributed by atoms with Gasteiger partial charge in [-0.3, -0.25) is 9.44 Å². The number of nitrogens with zero attached hydrogens (tertiary/aromatic N) is 2. The maximum absolute atomic E-state index is 14.0. The van der Waals surface area contributed by atoms with E-state index >= 15 is 0 Å². The Labute approximate surface area is 286 Å². The van der Waals surface area contributed by atoms with Crippen molar-refractivity contribution in [3.63, 3.8) is 0 Å². The topological polar surface area (TPSA) is 102 Å². The molecule has 0 atom stereocenters. The SMILES string of the molecule is Cc1ccc(S(=O)(=O)Nc2c(C(c3ccccc3)c3c(NS(=O)(=O)c4ccc(C)cc4)n(C)c4ccccc34)c3ccccc3n2C)cc1. The van der Waals surface area contributed by atoms with E-state index in [1.807, 2.05) is 116 Å². The second-order valence-electron chi connectivity index (χ2n) is 12.4. The Morgan fingerprint density at radius 1 is 0.490 bits per heavy atom. The predicted octanol–water partition coefficient (Wildman–Crippen LogP) is 8.07. The molecule has 0 spiro atoms. The number of nitrogens with one attached hydrogen (secondary N) is 2. The molecule has 0 fully saturated rings. The molecule has 0 saturated heterocycles. The third-order valence-electron chi connectivity index (χ3n) is 9.13. The predicted molar refractivity (Wildman–Crippen MR) is 197 cm³/mol. The van der Waals surface area contributed by atoms with Crippen LogP contribution in [0.3, 0.4) is 0 Å². The fourth-order valence-corrected chi connectivity index (χ4v) is 8.83. The van der Waals surface area contributed by atoms with E-state index in [9.17, 15) is 16.8 Å². The summed E-state index contributed by atoms with van der Waals surface area (Å²) in [5, 5.41) is 1.67. The fourth-order valence-electron chi connectivity index (χ4n) is 6.61. The molecule has 10 heteroatoms. The van der Waals surface area contributed by atoms with Crippen LogP contribution in [0.5, 0.6) is 0 Å². The summed E-state index contributed by atoms with van der Waals surface area (Å²) in [5.41, 5.74) is 5.81. The van der Waals surface area contributed by atoms with Crippen LogP contribution in [0.1, 0.15) is 33.7 Å². The van der Waals surface area contributed by atoms with Crippen LogP contribution in [0.25, 0.3) is 21.8 Å². The Hall–Kier alpha value is -5.32. The first-order chi connectivity index (χ1) is 23.5. The van der Waals surface area contributed by atoms with Gasteiger partial charge in [-0.25, -0.2) is 16.8 Å². The molecule has 2 aromatic heterocycles. The molecule has 5 aromatic carbocycles. The van der Waals surface area contributed by atoms with Gasteiger partial charge < -0.3 is 9.13 Å². The van der Waals surface area contributed by atoms with Crippen molar-refractivity contribution in [1.82, 2.24) is 9.13 Å². The molecule has 8 nitrogen and oxygen atoms in total. The van der Waals surface area contributed by atoms with Crippen LogP contribution >= 0.6 is 0 Å². The van der Waals surface area contributed by atoms with Gasteiger partial charge in [0.1, 0.15) is 11.6 Å². The fraction of sp³-hybridized carbons (Fsp3) is 0.128. The number of fused-ring (bicyclic) bond motifs is 2. The molecule has 0 bridgehead atoms. The molecule has 7 rings (SSSR count). The minimum atomic E-state index is -4.02. The smallest absolute Gasteiger partial charge is 0.263 e. The van der Waals surface area contributed by atoms with E-state index in [0.29, 0.717) is 22.8 Å². The first-order valence-electron chi connectivity index (χ1n) is 15.8. The van der Waals surface area contributed by atoms with Gasteiger partial charge in [0.15, 0.2) is 0 Å². The summed E-state index contributed by atoms with van der Waals surface area (Å²) in [6.07, 6.45) is 0. The van der Waals surface area contributed by atoms with Crippen molar-refractivity contribution in [2.45, 2.75) is 29.6 Å². The molecule has 2 heterocycles. The van der Waals surface area contributed by atoms with Crippen LogP contribution in [0.2, 0.25) is 0 Å². The summed E-state index contributed by atoms with van der Waals surface area (Å²) >= 11 is 0. The Kier molecular flexibility index (Phi) is 8.08. The van der Waals surface area contributed by atoms with Gasteiger partial charge in [0.25, 0.3) is 20.0 Å². The summed E-state index contributed by atoms with van der Waals surface area (Å²) in [7, 11) is -4.37. The Bertz CT molecular complexity index is 2390. The molecule has 0 amide bonds. The lowest BCUT2D eigenvalue weighted by molar-refractivity contribution is 0.599. The number of aromatic nitrogens is 2. The van der Waals surface area contributed by atoms with Gasteiger partial charge in [0, 0.05) is 52.9 Å². The highest BCUT2D eigenvalue weighted by atomic mass is 32.2. The van der Waals surface area contributed by atoms with Crippen molar-refractivity contribution in [3.05, 3.63) is 155 Å². The number of benzene rings is 5. The molecule has 0 aliphatic rings. The molecular formula is C39H36N4O4S2. The maximum atomic E-state index is 14.0. The molecule has 0 saturated carbocycles.